The zero-order valence-electron chi connectivity index (χ0n) is 19.3. The smallest absolute Gasteiger partial charge is 0.246 e. The SMILES string of the molecule is COc1ccc(NC(=O)Cn2cc(NC(=O)C3CCN(S(=O)(=O)c4ccccc4)CC3)cn2)cc1. The Morgan fingerprint density at radius 3 is 2.34 bits per heavy atom. The number of rotatable bonds is 8. The van der Waals surface area contributed by atoms with Gasteiger partial charge in [-0.05, 0) is 49.2 Å². The number of nitrogens with one attached hydrogen (secondary N) is 2. The van der Waals surface area contributed by atoms with Crippen molar-refractivity contribution in [3.8, 4) is 5.75 Å². The largest absolute Gasteiger partial charge is 0.497 e. The molecule has 35 heavy (non-hydrogen) atoms. The number of aromatic nitrogens is 2. The number of ether oxygens (including phenoxy) is 1. The van der Waals surface area contributed by atoms with Crippen LogP contribution < -0.4 is 15.4 Å². The molecule has 1 aliphatic heterocycles. The molecule has 2 heterocycles. The first-order valence-corrected chi connectivity index (χ1v) is 12.6. The number of hydrogen-bond donors (Lipinski definition) is 2. The third kappa shape index (κ3) is 6.06. The summed E-state index contributed by atoms with van der Waals surface area (Å²) >= 11 is 0. The highest BCUT2D eigenvalue weighted by atomic mass is 32.2. The highest BCUT2D eigenvalue weighted by molar-refractivity contribution is 7.89. The van der Waals surface area contributed by atoms with Gasteiger partial charge in [-0.2, -0.15) is 9.40 Å². The number of anilines is 2. The van der Waals surface area contributed by atoms with E-state index in [2.05, 4.69) is 15.7 Å². The minimum atomic E-state index is -3.56. The summed E-state index contributed by atoms with van der Waals surface area (Å²) in [7, 11) is -1.99. The average Bonchev–Trinajstić information content (AvgIpc) is 3.31. The summed E-state index contributed by atoms with van der Waals surface area (Å²) in [5.41, 5.74) is 1.11. The van der Waals surface area contributed by atoms with Crippen LogP contribution in [0, 0.1) is 5.92 Å². The van der Waals surface area contributed by atoms with E-state index in [4.69, 9.17) is 4.74 Å². The van der Waals surface area contributed by atoms with Crippen LogP contribution in [0.2, 0.25) is 0 Å². The summed E-state index contributed by atoms with van der Waals surface area (Å²) in [5, 5.41) is 9.73. The molecular formula is C24H27N5O5S. The first-order chi connectivity index (χ1) is 16.8. The highest BCUT2D eigenvalue weighted by Crippen LogP contribution is 2.25. The van der Waals surface area contributed by atoms with Crippen LogP contribution in [0.15, 0.2) is 71.9 Å². The Morgan fingerprint density at radius 2 is 1.69 bits per heavy atom. The topological polar surface area (TPSA) is 123 Å². The molecular weight excluding hydrogens is 470 g/mol. The summed E-state index contributed by atoms with van der Waals surface area (Å²) in [6, 6.07) is 15.3. The molecule has 0 aliphatic carbocycles. The van der Waals surface area contributed by atoms with Crippen molar-refractivity contribution in [2.75, 3.05) is 30.8 Å². The van der Waals surface area contributed by atoms with Crippen molar-refractivity contribution in [1.82, 2.24) is 14.1 Å². The van der Waals surface area contributed by atoms with Gasteiger partial charge in [0.05, 0.1) is 23.9 Å². The molecule has 0 spiro atoms. The molecule has 3 aromatic rings. The van der Waals surface area contributed by atoms with Crippen LogP contribution in [0.1, 0.15) is 12.8 Å². The predicted octanol–water partition coefficient (Wildman–Crippen LogP) is 2.57. The van der Waals surface area contributed by atoms with Gasteiger partial charge in [0.1, 0.15) is 12.3 Å². The number of sulfonamides is 1. The molecule has 0 radical (unpaired) electrons. The van der Waals surface area contributed by atoms with Crippen molar-refractivity contribution in [2.24, 2.45) is 5.92 Å². The van der Waals surface area contributed by atoms with E-state index in [1.165, 1.54) is 15.2 Å². The second-order valence-electron chi connectivity index (χ2n) is 8.18. The summed E-state index contributed by atoms with van der Waals surface area (Å²) < 4.78 is 33.5. The van der Waals surface area contributed by atoms with E-state index < -0.39 is 10.0 Å². The van der Waals surface area contributed by atoms with Gasteiger partial charge in [0.2, 0.25) is 21.8 Å². The molecule has 1 aliphatic rings. The van der Waals surface area contributed by atoms with Crippen molar-refractivity contribution in [3.05, 3.63) is 67.0 Å². The lowest BCUT2D eigenvalue weighted by Gasteiger charge is -2.30. The van der Waals surface area contributed by atoms with E-state index in [0.717, 1.165) is 0 Å². The fourth-order valence-corrected chi connectivity index (χ4v) is 5.37. The number of carbonyl (C=O) groups is 2. The van der Waals surface area contributed by atoms with Crippen molar-refractivity contribution in [2.45, 2.75) is 24.3 Å². The first-order valence-electron chi connectivity index (χ1n) is 11.2. The standard InChI is InChI=1S/C24H27N5O5S/c1-34-21-9-7-19(8-10-21)26-23(30)17-28-16-20(15-25-28)27-24(31)18-11-13-29(14-12-18)35(32,33)22-5-3-2-4-6-22/h2-10,15-16,18H,11-14,17H2,1H3,(H,26,30)(H,27,31). The summed E-state index contributed by atoms with van der Waals surface area (Å²) in [4.78, 5) is 25.3. The number of amides is 2. The lowest BCUT2D eigenvalue weighted by atomic mass is 9.97. The van der Waals surface area contributed by atoms with Gasteiger partial charge in [0.15, 0.2) is 0 Å². The molecule has 11 heteroatoms. The summed E-state index contributed by atoms with van der Waals surface area (Å²) in [5.74, 6) is -0.0648. The van der Waals surface area contributed by atoms with Crippen LogP contribution in [-0.4, -0.2) is 54.5 Å². The Morgan fingerprint density at radius 1 is 1.00 bits per heavy atom. The van der Waals surface area contributed by atoms with Crippen molar-refractivity contribution < 1.29 is 22.7 Å². The molecule has 1 aromatic heterocycles. The molecule has 0 atom stereocenters. The molecule has 2 amide bonds. The minimum Gasteiger partial charge on any atom is -0.497 e. The normalized spacial score (nSPS) is 14.9. The summed E-state index contributed by atoms with van der Waals surface area (Å²) in [6.45, 7) is 0.540. The van der Waals surface area contributed by atoms with Gasteiger partial charge < -0.3 is 15.4 Å². The van der Waals surface area contributed by atoms with Crippen molar-refractivity contribution >= 4 is 33.2 Å². The molecule has 2 aromatic carbocycles. The van der Waals surface area contributed by atoms with E-state index >= 15 is 0 Å². The number of methoxy groups -OCH3 is 1. The van der Waals surface area contributed by atoms with E-state index in [-0.39, 0.29) is 42.3 Å². The minimum absolute atomic E-state index is 0.0162. The zero-order valence-corrected chi connectivity index (χ0v) is 20.1. The molecule has 0 saturated carbocycles. The first kappa shape index (κ1) is 24.4. The Bertz CT molecular complexity index is 1270. The molecule has 4 rings (SSSR count). The van der Waals surface area contributed by atoms with Crippen LogP contribution in [0.3, 0.4) is 0 Å². The van der Waals surface area contributed by atoms with E-state index in [0.29, 0.717) is 30.0 Å². The van der Waals surface area contributed by atoms with Gasteiger partial charge >= 0.3 is 0 Å². The van der Waals surface area contributed by atoms with Crippen LogP contribution in [-0.2, 0) is 26.2 Å². The molecule has 10 nitrogen and oxygen atoms in total. The maximum absolute atomic E-state index is 12.8. The summed E-state index contributed by atoms with van der Waals surface area (Å²) in [6.07, 6.45) is 3.92. The number of carbonyl (C=O) groups excluding carboxylic acids is 2. The fourth-order valence-electron chi connectivity index (χ4n) is 3.88. The van der Waals surface area contributed by atoms with E-state index in [1.807, 2.05) is 0 Å². The molecule has 1 fully saturated rings. The fraction of sp³-hybridized carbons (Fsp3) is 0.292. The Labute approximate surface area is 203 Å². The van der Waals surface area contributed by atoms with Crippen molar-refractivity contribution in [3.63, 3.8) is 0 Å². The van der Waals surface area contributed by atoms with Gasteiger partial charge in [-0.25, -0.2) is 8.42 Å². The Kier molecular flexibility index (Phi) is 7.47. The zero-order chi connectivity index (χ0) is 24.8. The van der Waals surface area contributed by atoms with Gasteiger partial charge in [-0.15, -0.1) is 0 Å². The number of benzene rings is 2. The van der Waals surface area contributed by atoms with E-state index in [1.54, 1.807) is 67.9 Å². The molecule has 2 N–H and O–H groups in total. The van der Waals surface area contributed by atoms with Crippen LogP contribution >= 0.6 is 0 Å². The van der Waals surface area contributed by atoms with E-state index in [9.17, 15) is 18.0 Å². The maximum Gasteiger partial charge on any atom is 0.246 e. The number of nitrogens with zero attached hydrogens (tertiary/aromatic N) is 3. The quantitative estimate of drug-likeness (QED) is 0.493. The highest BCUT2D eigenvalue weighted by Gasteiger charge is 2.32. The van der Waals surface area contributed by atoms with Crippen molar-refractivity contribution in [1.29, 1.82) is 0 Å². The number of piperidine rings is 1. The molecule has 184 valence electrons. The maximum atomic E-state index is 12.8. The lowest BCUT2D eigenvalue weighted by Crippen LogP contribution is -2.41. The monoisotopic (exact) mass is 497 g/mol. The van der Waals surface area contributed by atoms with Gasteiger partial charge in [0.25, 0.3) is 0 Å². The molecule has 0 bridgehead atoms. The third-order valence-corrected chi connectivity index (χ3v) is 7.70. The average molecular weight is 498 g/mol. The van der Waals surface area contributed by atoms with Crippen LogP contribution in [0.4, 0.5) is 11.4 Å². The van der Waals surface area contributed by atoms with Crippen LogP contribution in [0.25, 0.3) is 0 Å². The molecule has 0 unspecified atom stereocenters. The predicted molar refractivity (Wildman–Crippen MR) is 130 cm³/mol. The second kappa shape index (κ2) is 10.7. The van der Waals surface area contributed by atoms with Gasteiger partial charge in [-0.3, -0.25) is 14.3 Å². The molecule has 1 saturated heterocycles. The van der Waals surface area contributed by atoms with Crippen LogP contribution in [0.5, 0.6) is 5.75 Å². The second-order valence-corrected chi connectivity index (χ2v) is 10.1. The Balaban J connectivity index is 1.26. The van der Waals surface area contributed by atoms with Gasteiger partial charge in [-0.1, -0.05) is 18.2 Å². The van der Waals surface area contributed by atoms with Gasteiger partial charge in [0, 0.05) is 30.9 Å². The lowest BCUT2D eigenvalue weighted by molar-refractivity contribution is -0.121. The number of hydrogen-bond acceptors (Lipinski definition) is 6. The third-order valence-electron chi connectivity index (χ3n) is 5.79. The Hall–Kier alpha value is -3.70.